The summed E-state index contributed by atoms with van der Waals surface area (Å²) in [6.45, 7) is 7.21. The van der Waals surface area contributed by atoms with Gasteiger partial charge < -0.3 is 39.2 Å². The number of alkyl carbamates (subject to hydrolysis) is 1. The SMILES string of the molecule is CCOC(=O)C12C=CC1C=CCCCCCC(NC(=O)OC(C)(C)C)C(=O)N1CC3(CC(Cl)c4c(c(C5CC5)nc5ccc6c(c45)OCO6)O3)CC1C(=O)N2. The predicted molar refractivity (Wildman–Crippen MR) is 202 cm³/mol. The number of pyridine rings is 1. The van der Waals surface area contributed by atoms with Crippen LogP contribution in [0.1, 0.15) is 108 Å². The molecule has 13 nitrogen and oxygen atoms in total. The molecule has 1 aromatic heterocycles. The van der Waals surface area contributed by atoms with E-state index in [4.69, 9.17) is 40.3 Å². The van der Waals surface area contributed by atoms with Gasteiger partial charge in [-0.1, -0.05) is 37.1 Å². The van der Waals surface area contributed by atoms with E-state index in [0.29, 0.717) is 30.1 Å². The number of rotatable bonds is 4. The number of carbonyl (C=O) groups excluding carboxylic acids is 4. The second-order valence-corrected chi connectivity index (χ2v) is 17.1. The lowest BCUT2D eigenvalue weighted by Crippen LogP contribution is -2.65. The van der Waals surface area contributed by atoms with E-state index in [0.717, 1.165) is 54.3 Å². The third-order valence-corrected chi connectivity index (χ3v) is 11.7. The summed E-state index contributed by atoms with van der Waals surface area (Å²) in [4.78, 5) is 62.9. The Morgan fingerprint density at radius 1 is 1.07 bits per heavy atom. The van der Waals surface area contributed by atoms with Crippen molar-refractivity contribution in [3.63, 3.8) is 0 Å². The van der Waals surface area contributed by atoms with Gasteiger partial charge in [0.2, 0.25) is 18.6 Å². The molecule has 2 aliphatic carbocycles. The van der Waals surface area contributed by atoms with Crippen LogP contribution in [0, 0.1) is 5.92 Å². The van der Waals surface area contributed by atoms with Crippen LogP contribution in [0.15, 0.2) is 36.4 Å². The zero-order chi connectivity index (χ0) is 38.7. The highest BCUT2D eigenvalue weighted by molar-refractivity contribution is 6.22. The highest BCUT2D eigenvalue weighted by Gasteiger charge is 2.58. The quantitative estimate of drug-likeness (QED) is 0.207. The largest absolute Gasteiger partial charge is 0.483 e. The van der Waals surface area contributed by atoms with Crippen LogP contribution in [0.3, 0.4) is 0 Å². The Morgan fingerprint density at radius 2 is 1.89 bits per heavy atom. The van der Waals surface area contributed by atoms with Crippen molar-refractivity contribution in [2.24, 2.45) is 5.92 Å². The predicted octanol–water partition coefficient (Wildman–Crippen LogP) is 6.26. The van der Waals surface area contributed by atoms with Gasteiger partial charge in [0.15, 0.2) is 17.0 Å². The van der Waals surface area contributed by atoms with Crippen LogP contribution in [-0.2, 0) is 23.9 Å². The fourth-order valence-electron chi connectivity index (χ4n) is 8.58. The monoisotopic (exact) mass is 776 g/mol. The molecular weight excluding hydrogens is 728 g/mol. The molecule has 3 amide bonds. The lowest BCUT2D eigenvalue weighted by molar-refractivity contribution is -0.154. The van der Waals surface area contributed by atoms with Gasteiger partial charge in [-0.2, -0.15) is 0 Å². The van der Waals surface area contributed by atoms with Crippen molar-refractivity contribution in [2.75, 3.05) is 19.9 Å². The molecule has 294 valence electrons. The molecule has 5 heterocycles. The maximum atomic E-state index is 14.9. The fourth-order valence-corrected chi connectivity index (χ4v) is 9.07. The first-order valence-corrected chi connectivity index (χ1v) is 20.0. The van der Waals surface area contributed by atoms with Crippen LogP contribution in [0.2, 0.25) is 0 Å². The molecule has 4 aliphatic heterocycles. The van der Waals surface area contributed by atoms with Crippen molar-refractivity contribution in [3.8, 4) is 17.2 Å². The third-order valence-electron chi connectivity index (χ3n) is 11.4. The molecule has 8 rings (SSSR count). The van der Waals surface area contributed by atoms with Crippen LogP contribution in [0.5, 0.6) is 17.2 Å². The van der Waals surface area contributed by atoms with E-state index in [1.165, 1.54) is 4.90 Å². The third kappa shape index (κ3) is 6.97. The van der Waals surface area contributed by atoms with Gasteiger partial charge in [0.25, 0.3) is 0 Å². The zero-order valence-corrected chi connectivity index (χ0v) is 32.5. The Hall–Kier alpha value is -4.52. The molecule has 55 heavy (non-hydrogen) atoms. The number of nitrogens with one attached hydrogen (secondary N) is 2. The van der Waals surface area contributed by atoms with Crippen molar-refractivity contribution >= 4 is 46.4 Å². The highest BCUT2D eigenvalue weighted by Crippen LogP contribution is 2.57. The van der Waals surface area contributed by atoms with E-state index in [-0.39, 0.29) is 38.7 Å². The van der Waals surface area contributed by atoms with Crippen LogP contribution < -0.4 is 24.8 Å². The summed E-state index contributed by atoms with van der Waals surface area (Å²) < 4.78 is 29.8. The Labute approximate surface area is 325 Å². The average molecular weight is 777 g/mol. The first-order valence-electron chi connectivity index (χ1n) is 19.6. The molecule has 0 bridgehead atoms. The van der Waals surface area contributed by atoms with Crippen LogP contribution >= 0.6 is 11.6 Å². The smallest absolute Gasteiger partial charge is 0.408 e. The van der Waals surface area contributed by atoms with E-state index >= 15 is 0 Å². The summed E-state index contributed by atoms with van der Waals surface area (Å²) in [5.41, 5.74) is -1.03. The number of carbonyl (C=O) groups is 4. The van der Waals surface area contributed by atoms with Gasteiger partial charge in [-0.05, 0) is 71.9 Å². The van der Waals surface area contributed by atoms with Gasteiger partial charge in [-0.15, -0.1) is 11.6 Å². The Balaban J connectivity index is 1.19. The van der Waals surface area contributed by atoms with Crippen LogP contribution in [-0.4, -0.2) is 82.5 Å². The molecule has 6 unspecified atom stereocenters. The van der Waals surface area contributed by atoms with Crippen molar-refractivity contribution < 1.29 is 42.9 Å². The van der Waals surface area contributed by atoms with E-state index < -0.39 is 64.0 Å². The standard InChI is InChI=1S/C41H49ClN4O9/c1-5-51-37(49)41-18-17-24(41)11-9-7-6-8-10-12-27(44-38(50)55-39(2,3)4)36(48)46-21-40(20-28(46)35(47)45-41)19-25(42)30-31-26(15-16-29-33(31)53-22-52-29)43-32(23-13-14-23)34(30)54-40/h9,11,15-18,23-25,27-28H,5-8,10,12-14,19-22H2,1-4H3,(H,44,50)(H,45,47). The van der Waals surface area contributed by atoms with Crippen molar-refractivity contribution in [2.45, 2.75) is 126 Å². The number of allylic oxidation sites excluding steroid dienone is 1. The number of fused-ring (bicyclic) bond motifs is 7. The van der Waals surface area contributed by atoms with Gasteiger partial charge in [-0.25, -0.2) is 14.6 Å². The van der Waals surface area contributed by atoms with Crippen LogP contribution in [0.25, 0.3) is 10.9 Å². The van der Waals surface area contributed by atoms with Crippen molar-refractivity contribution in [1.82, 2.24) is 20.5 Å². The summed E-state index contributed by atoms with van der Waals surface area (Å²) >= 11 is 7.43. The van der Waals surface area contributed by atoms with Gasteiger partial charge in [0.05, 0.1) is 35.1 Å². The number of aromatic nitrogens is 1. The Kier molecular flexibility index (Phi) is 9.66. The summed E-state index contributed by atoms with van der Waals surface area (Å²) in [6, 6.07) is 1.71. The van der Waals surface area contributed by atoms with E-state index in [1.54, 1.807) is 33.8 Å². The van der Waals surface area contributed by atoms with Crippen LogP contribution in [0.4, 0.5) is 4.79 Å². The number of hydrogen-bond acceptors (Lipinski definition) is 10. The maximum Gasteiger partial charge on any atom is 0.408 e. The molecule has 6 atom stereocenters. The number of benzene rings is 1. The first-order chi connectivity index (χ1) is 26.3. The fraction of sp³-hybridized carbons (Fsp3) is 0.585. The molecule has 1 saturated carbocycles. The number of hydrogen-bond donors (Lipinski definition) is 2. The Bertz CT molecular complexity index is 1970. The minimum absolute atomic E-state index is 0.0132. The summed E-state index contributed by atoms with van der Waals surface area (Å²) in [5, 5.41) is 5.98. The summed E-state index contributed by atoms with van der Waals surface area (Å²) in [6.07, 6.45) is 12.4. The van der Waals surface area contributed by atoms with E-state index in [1.807, 2.05) is 30.4 Å². The number of alkyl halides is 1. The molecule has 1 saturated heterocycles. The molecule has 2 aromatic rings. The zero-order valence-electron chi connectivity index (χ0n) is 31.8. The van der Waals surface area contributed by atoms with Gasteiger partial charge in [0, 0.05) is 30.2 Å². The summed E-state index contributed by atoms with van der Waals surface area (Å²) in [5.74, 6) is -0.0686. The van der Waals surface area contributed by atoms with Gasteiger partial charge in [-0.3, -0.25) is 9.59 Å². The molecule has 6 aliphatic rings. The van der Waals surface area contributed by atoms with Gasteiger partial charge in [0.1, 0.15) is 29.0 Å². The van der Waals surface area contributed by atoms with E-state index in [9.17, 15) is 19.2 Å². The minimum Gasteiger partial charge on any atom is -0.483 e. The first kappa shape index (κ1) is 37.4. The normalized spacial score (nSPS) is 30.2. The molecule has 2 fully saturated rings. The summed E-state index contributed by atoms with van der Waals surface area (Å²) in [7, 11) is 0. The molecule has 1 spiro atoms. The van der Waals surface area contributed by atoms with Crippen molar-refractivity contribution in [1.29, 1.82) is 0 Å². The van der Waals surface area contributed by atoms with E-state index in [2.05, 4.69) is 10.6 Å². The number of amides is 3. The number of esters is 1. The number of nitrogens with zero attached hydrogens (tertiary/aromatic N) is 2. The maximum absolute atomic E-state index is 14.9. The second kappa shape index (κ2) is 14.2. The second-order valence-electron chi connectivity index (χ2n) is 16.6. The average Bonchev–Trinajstić information content (AvgIpc) is 3.73. The molecular formula is C41H49ClN4O9. The lowest BCUT2D eigenvalue weighted by Gasteiger charge is -2.41. The highest BCUT2D eigenvalue weighted by atomic mass is 35.5. The molecule has 14 heteroatoms. The lowest BCUT2D eigenvalue weighted by atomic mass is 9.73. The molecule has 2 N–H and O–H groups in total. The Morgan fingerprint density at radius 3 is 2.62 bits per heavy atom. The number of ether oxygens (including phenoxy) is 5. The molecule has 1 aromatic carbocycles. The molecule has 0 radical (unpaired) electrons. The number of halogens is 1. The minimum atomic E-state index is -1.44. The topological polar surface area (TPSA) is 155 Å². The van der Waals surface area contributed by atoms with Crippen molar-refractivity contribution in [3.05, 3.63) is 47.7 Å². The van der Waals surface area contributed by atoms with Gasteiger partial charge >= 0.3 is 12.1 Å².